The monoisotopic (exact) mass is 568 g/mol. The third-order valence-corrected chi connectivity index (χ3v) is 9.00. The molecular formula is C29H30Cl2N4O4. The Labute approximate surface area is 236 Å². The first kappa shape index (κ1) is 27.3. The molecule has 10 heteroatoms. The third kappa shape index (κ3) is 5.08. The van der Waals surface area contributed by atoms with Gasteiger partial charge in [0.25, 0.3) is 5.91 Å². The number of aliphatic carboxylic acids is 1. The molecule has 39 heavy (non-hydrogen) atoms. The van der Waals surface area contributed by atoms with E-state index in [0.29, 0.717) is 49.9 Å². The SMILES string of the molecule is Cc1c(C(=O)N2C[C@@H](c3ccccc3)C[C@H]2C(=O)c2c(Cl)cncc2Cl)cnn1C1CCC(C)(C(=O)O)CC1. The average Bonchev–Trinajstić information content (AvgIpc) is 3.53. The van der Waals surface area contributed by atoms with Gasteiger partial charge in [0.15, 0.2) is 5.78 Å². The van der Waals surface area contributed by atoms with Crippen molar-refractivity contribution in [2.45, 2.75) is 64.0 Å². The summed E-state index contributed by atoms with van der Waals surface area (Å²) in [4.78, 5) is 45.1. The highest BCUT2D eigenvalue weighted by atomic mass is 35.5. The van der Waals surface area contributed by atoms with Gasteiger partial charge in [-0.05, 0) is 51.5 Å². The molecule has 2 aromatic heterocycles. The molecule has 3 aromatic rings. The Morgan fingerprint density at radius 3 is 2.28 bits per heavy atom. The number of Topliss-reactive ketones (excluding diaryl/α,β-unsaturated/α-hetero) is 1. The van der Waals surface area contributed by atoms with Gasteiger partial charge in [-0.1, -0.05) is 53.5 Å². The number of hydrogen-bond donors (Lipinski definition) is 1. The molecule has 1 saturated carbocycles. The summed E-state index contributed by atoms with van der Waals surface area (Å²) in [5.74, 6) is -1.40. The first-order valence-corrected chi connectivity index (χ1v) is 13.8. The number of carboxylic acid groups (broad SMARTS) is 1. The van der Waals surface area contributed by atoms with E-state index in [0.717, 1.165) is 5.56 Å². The maximum Gasteiger partial charge on any atom is 0.309 e. The van der Waals surface area contributed by atoms with Crippen molar-refractivity contribution in [1.82, 2.24) is 19.7 Å². The van der Waals surface area contributed by atoms with E-state index in [1.807, 2.05) is 41.9 Å². The summed E-state index contributed by atoms with van der Waals surface area (Å²) in [5, 5.41) is 14.4. The quantitative estimate of drug-likeness (QED) is 0.366. The summed E-state index contributed by atoms with van der Waals surface area (Å²) in [7, 11) is 0. The number of aromatic nitrogens is 3. The molecule has 2 fully saturated rings. The van der Waals surface area contributed by atoms with Crippen molar-refractivity contribution in [2.75, 3.05) is 6.54 Å². The van der Waals surface area contributed by atoms with E-state index >= 15 is 0 Å². The molecule has 204 valence electrons. The molecule has 1 aliphatic heterocycles. The molecule has 0 spiro atoms. The van der Waals surface area contributed by atoms with Crippen LogP contribution >= 0.6 is 23.2 Å². The van der Waals surface area contributed by atoms with Crippen LogP contribution in [0.4, 0.5) is 0 Å². The second-order valence-corrected chi connectivity index (χ2v) is 11.7. The van der Waals surface area contributed by atoms with E-state index in [2.05, 4.69) is 10.1 Å². The Hall–Kier alpha value is -3.23. The van der Waals surface area contributed by atoms with Gasteiger partial charge >= 0.3 is 5.97 Å². The van der Waals surface area contributed by atoms with Crippen LogP contribution in [0.1, 0.15) is 83.0 Å². The molecule has 8 nitrogen and oxygen atoms in total. The molecule has 1 saturated heterocycles. The Bertz CT molecular complexity index is 1400. The molecule has 2 aliphatic rings. The second kappa shape index (κ2) is 10.7. The average molecular weight is 569 g/mol. The first-order chi connectivity index (χ1) is 18.6. The van der Waals surface area contributed by atoms with E-state index in [1.54, 1.807) is 18.0 Å². The molecule has 1 aliphatic carbocycles. The number of ketones is 1. The van der Waals surface area contributed by atoms with Gasteiger partial charge in [0.05, 0.1) is 44.9 Å². The number of halogens is 2. The lowest BCUT2D eigenvalue weighted by Crippen LogP contribution is -2.41. The van der Waals surface area contributed by atoms with Crippen molar-refractivity contribution in [3.05, 3.63) is 81.4 Å². The zero-order chi connectivity index (χ0) is 27.9. The molecule has 2 atom stereocenters. The summed E-state index contributed by atoms with van der Waals surface area (Å²) in [5.41, 5.74) is 1.62. The summed E-state index contributed by atoms with van der Waals surface area (Å²) < 4.78 is 1.84. The topological polar surface area (TPSA) is 105 Å². The molecule has 0 unspecified atom stereocenters. The Kier molecular flexibility index (Phi) is 7.53. The van der Waals surface area contributed by atoms with E-state index in [-0.39, 0.29) is 39.3 Å². The minimum Gasteiger partial charge on any atom is -0.481 e. The van der Waals surface area contributed by atoms with E-state index in [4.69, 9.17) is 23.2 Å². The van der Waals surface area contributed by atoms with Crippen LogP contribution in [0.5, 0.6) is 0 Å². The smallest absolute Gasteiger partial charge is 0.309 e. The maximum absolute atomic E-state index is 14.0. The van der Waals surface area contributed by atoms with Crippen LogP contribution in [-0.2, 0) is 4.79 Å². The zero-order valence-electron chi connectivity index (χ0n) is 21.8. The second-order valence-electron chi connectivity index (χ2n) is 10.8. The van der Waals surface area contributed by atoms with Crippen LogP contribution in [0.3, 0.4) is 0 Å². The highest BCUT2D eigenvalue weighted by Gasteiger charge is 2.43. The number of benzene rings is 1. The Morgan fingerprint density at radius 2 is 1.67 bits per heavy atom. The van der Waals surface area contributed by atoms with Crippen molar-refractivity contribution >= 4 is 40.9 Å². The molecule has 3 heterocycles. The maximum atomic E-state index is 14.0. The normalized spacial score (nSPS) is 25.0. The highest BCUT2D eigenvalue weighted by Crippen LogP contribution is 2.42. The van der Waals surface area contributed by atoms with Crippen LogP contribution in [0, 0.1) is 12.3 Å². The van der Waals surface area contributed by atoms with Gasteiger partial charge in [0.2, 0.25) is 0 Å². The van der Waals surface area contributed by atoms with E-state index in [9.17, 15) is 19.5 Å². The zero-order valence-corrected chi connectivity index (χ0v) is 23.3. The van der Waals surface area contributed by atoms with Gasteiger partial charge in [-0.25, -0.2) is 0 Å². The minimum absolute atomic E-state index is 0.0153. The molecule has 1 amide bonds. The van der Waals surface area contributed by atoms with Gasteiger partial charge < -0.3 is 10.0 Å². The summed E-state index contributed by atoms with van der Waals surface area (Å²) in [6.45, 7) is 4.00. The number of pyridine rings is 1. The predicted molar refractivity (Wildman–Crippen MR) is 147 cm³/mol. The van der Waals surface area contributed by atoms with Crippen molar-refractivity contribution in [1.29, 1.82) is 0 Å². The van der Waals surface area contributed by atoms with Crippen LogP contribution in [0.2, 0.25) is 10.0 Å². The number of carboxylic acids is 1. The molecule has 1 aromatic carbocycles. The number of carbonyl (C=O) groups excluding carboxylic acids is 2. The van der Waals surface area contributed by atoms with Crippen molar-refractivity contribution in [2.24, 2.45) is 5.41 Å². The lowest BCUT2D eigenvalue weighted by Gasteiger charge is -2.34. The van der Waals surface area contributed by atoms with Gasteiger partial charge in [-0.3, -0.25) is 24.0 Å². The summed E-state index contributed by atoms with van der Waals surface area (Å²) in [6.07, 6.45) is 7.18. The number of rotatable bonds is 6. The number of amides is 1. The van der Waals surface area contributed by atoms with Gasteiger partial charge in [-0.2, -0.15) is 5.10 Å². The number of carbonyl (C=O) groups is 3. The van der Waals surface area contributed by atoms with Gasteiger partial charge in [0.1, 0.15) is 0 Å². The van der Waals surface area contributed by atoms with E-state index in [1.165, 1.54) is 12.4 Å². The highest BCUT2D eigenvalue weighted by molar-refractivity contribution is 6.40. The molecule has 0 bridgehead atoms. The molecular weight excluding hydrogens is 539 g/mol. The van der Waals surface area contributed by atoms with E-state index < -0.39 is 17.4 Å². The predicted octanol–water partition coefficient (Wildman–Crippen LogP) is 5.98. The van der Waals surface area contributed by atoms with Crippen molar-refractivity contribution < 1.29 is 19.5 Å². The summed E-state index contributed by atoms with van der Waals surface area (Å²) >= 11 is 12.7. The van der Waals surface area contributed by atoms with Crippen LogP contribution in [0.15, 0.2) is 48.9 Å². The third-order valence-electron chi connectivity index (χ3n) is 8.43. The number of likely N-dealkylation sites (tertiary alicyclic amines) is 1. The Morgan fingerprint density at radius 1 is 1.03 bits per heavy atom. The molecule has 1 N–H and O–H groups in total. The van der Waals surface area contributed by atoms with Gasteiger partial charge in [-0.15, -0.1) is 0 Å². The molecule has 0 radical (unpaired) electrons. The summed E-state index contributed by atoms with van der Waals surface area (Å²) in [6, 6.07) is 9.09. The number of nitrogens with zero attached hydrogens (tertiary/aromatic N) is 4. The van der Waals surface area contributed by atoms with Crippen molar-refractivity contribution in [3.63, 3.8) is 0 Å². The fraction of sp³-hybridized carbons (Fsp3) is 0.414. The lowest BCUT2D eigenvalue weighted by atomic mass is 9.74. The number of hydrogen-bond acceptors (Lipinski definition) is 5. The van der Waals surface area contributed by atoms with Crippen molar-refractivity contribution in [3.8, 4) is 0 Å². The van der Waals surface area contributed by atoms with Crippen LogP contribution in [-0.4, -0.2) is 55.0 Å². The van der Waals surface area contributed by atoms with Crippen LogP contribution in [0.25, 0.3) is 0 Å². The standard InChI is InChI=1S/C29H30Cl2N4O4/c1-17-21(13-33-35(17)20-8-10-29(2,11-9-20)28(38)39)27(37)34-16-19(18-6-4-3-5-7-18)12-24(34)26(36)25-22(30)14-32-15-23(25)31/h3-7,13-15,19-20,24H,8-12,16H2,1-2H3,(H,38,39)/t19-,20?,24-,29?/m0/s1. The molecule has 5 rings (SSSR count). The fourth-order valence-electron chi connectivity index (χ4n) is 5.94. The first-order valence-electron chi connectivity index (χ1n) is 13.1. The minimum atomic E-state index is -0.777. The lowest BCUT2D eigenvalue weighted by molar-refractivity contribution is -0.150. The Balaban J connectivity index is 1.44. The van der Waals surface area contributed by atoms with Crippen LogP contribution < -0.4 is 0 Å². The fourth-order valence-corrected chi connectivity index (χ4v) is 6.49. The van der Waals surface area contributed by atoms with Gasteiger partial charge in [0, 0.05) is 30.6 Å². The largest absolute Gasteiger partial charge is 0.481 e.